The van der Waals surface area contributed by atoms with Crippen molar-refractivity contribution in [3.8, 4) is 5.75 Å². The molecule has 0 saturated carbocycles. The Morgan fingerprint density at radius 3 is 2.27 bits per heavy atom. The molecule has 0 N–H and O–H groups in total. The van der Waals surface area contributed by atoms with Gasteiger partial charge in [0.15, 0.2) is 5.60 Å². The van der Waals surface area contributed by atoms with Crippen LogP contribution >= 0.6 is 0 Å². The fourth-order valence-electron chi connectivity index (χ4n) is 5.23. The molecule has 3 aliphatic heterocycles. The van der Waals surface area contributed by atoms with Crippen molar-refractivity contribution in [2.24, 2.45) is 0 Å². The zero-order valence-electron chi connectivity index (χ0n) is 19.3. The van der Waals surface area contributed by atoms with Gasteiger partial charge in [-0.25, -0.2) is 4.79 Å². The highest BCUT2D eigenvalue weighted by Gasteiger charge is 2.71. The molecule has 3 aliphatic rings. The van der Waals surface area contributed by atoms with E-state index in [0.717, 1.165) is 16.7 Å². The zero-order valence-corrected chi connectivity index (χ0v) is 19.3. The standard InChI is InChI=1S/C24H32O6/c1-12(11-22(6)21-23(7,30-21)16(5)28-22)10-13(2)18-24(8,29-18)19-14(3)17(26-9)15(4)20(25)27-19/h10-11,16,18,21H,1-9H3/t16-,18+,21+,22-,23-,24-/m1/s1. The molecule has 1 aromatic rings. The van der Waals surface area contributed by atoms with E-state index in [1.54, 1.807) is 14.0 Å². The molecule has 6 atom stereocenters. The number of fused-ring (bicyclic) bond motifs is 1. The van der Waals surface area contributed by atoms with E-state index in [-0.39, 0.29) is 23.9 Å². The SMILES string of the molecule is COc1c(C)c([C@]2(C)O[C@H]2C(C)=CC(C)=C[C@@]2(C)O[C@H](C)[C@@]3(C)O[C@H]32)oc(=O)c1C. The molecule has 1 aromatic heterocycles. The highest BCUT2D eigenvalue weighted by atomic mass is 16.7. The summed E-state index contributed by atoms with van der Waals surface area (Å²) >= 11 is 0. The lowest BCUT2D eigenvalue weighted by Gasteiger charge is -2.24. The average Bonchev–Trinajstić information content (AvgIpc) is 3.52. The molecule has 0 aromatic carbocycles. The normalized spacial score (nSPS) is 40.4. The Balaban J connectivity index is 1.58. The summed E-state index contributed by atoms with van der Waals surface area (Å²) < 4.78 is 29.2. The maximum absolute atomic E-state index is 12.3. The molecule has 0 radical (unpaired) electrons. The Kier molecular flexibility index (Phi) is 4.66. The topological polar surface area (TPSA) is 73.7 Å². The minimum Gasteiger partial charge on any atom is -0.496 e. The van der Waals surface area contributed by atoms with Gasteiger partial charge in [0.05, 0.1) is 18.8 Å². The van der Waals surface area contributed by atoms with Gasteiger partial charge in [0.2, 0.25) is 0 Å². The second-order valence-corrected chi connectivity index (χ2v) is 9.51. The lowest BCUT2D eigenvalue weighted by molar-refractivity contribution is -0.0719. The number of allylic oxidation sites excluding steroid dienone is 2. The van der Waals surface area contributed by atoms with Crippen LogP contribution in [0.3, 0.4) is 0 Å². The Labute approximate surface area is 177 Å². The number of ether oxygens (including phenoxy) is 4. The minimum absolute atomic E-state index is 0.0686. The van der Waals surface area contributed by atoms with Gasteiger partial charge in [-0.3, -0.25) is 0 Å². The maximum atomic E-state index is 12.3. The van der Waals surface area contributed by atoms with Crippen molar-refractivity contribution >= 4 is 0 Å². The molecule has 0 aliphatic carbocycles. The first-order chi connectivity index (χ1) is 13.9. The maximum Gasteiger partial charge on any atom is 0.342 e. The van der Waals surface area contributed by atoms with Gasteiger partial charge >= 0.3 is 5.63 Å². The van der Waals surface area contributed by atoms with Crippen molar-refractivity contribution < 1.29 is 23.4 Å². The molecule has 0 amide bonds. The Morgan fingerprint density at radius 2 is 1.73 bits per heavy atom. The molecule has 3 saturated heterocycles. The van der Waals surface area contributed by atoms with Crippen molar-refractivity contribution in [2.45, 2.75) is 90.5 Å². The van der Waals surface area contributed by atoms with Gasteiger partial charge < -0.3 is 23.4 Å². The molecule has 6 nitrogen and oxygen atoms in total. The Hall–Kier alpha value is -1.89. The van der Waals surface area contributed by atoms with Crippen LogP contribution in [0.2, 0.25) is 0 Å². The van der Waals surface area contributed by atoms with Crippen molar-refractivity contribution in [1.82, 2.24) is 0 Å². The summed E-state index contributed by atoms with van der Waals surface area (Å²) in [5.41, 5.74) is 1.71. The monoisotopic (exact) mass is 416 g/mol. The van der Waals surface area contributed by atoms with Gasteiger partial charge in [0.25, 0.3) is 0 Å². The Bertz CT molecular complexity index is 1020. The van der Waals surface area contributed by atoms with Crippen LogP contribution in [0.5, 0.6) is 5.75 Å². The van der Waals surface area contributed by atoms with E-state index in [4.69, 9.17) is 23.4 Å². The Morgan fingerprint density at radius 1 is 1.07 bits per heavy atom. The van der Waals surface area contributed by atoms with Crippen LogP contribution < -0.4 is 10.4 Å². The van der Waals surface area contributed by atoms with E-state index in [0.29, 0.717) is 17.1 Å². The van der Waals surface area contributed by atoms with Crippen LogP contribution in [-0.2, 0) is 19.8 Å². The third-order valence-corrected chi connectivity index (χ3v) is 6.96. The average molecular weight is 417 g/mol. The lowest BCUT2D eigenvalue weighted by Crippen LogP contribution is -2.30. The van der Waals surface area contributed by atoms with Crippen LogP contribution in [0.15, 0.2) is 32.5 Å². The number of hydrogen-bond donors (Lipinski definition) is 0. The number of epoxide rings is 2. The van der Waals surface area contributed by atoms with Gasteiger partial charge in [-0.1, -0.05) is 11.6 Å². The first-order valence-electron chi connectivity index (χ1n) is 10.5. The molecule has 30 heavy (non-hydrogen) atoms. The lowest BCUT2D eigenvalue weighted by atomic mass is 9.91. The van der Waals surface area contributed by atoms with Crippen LogP contribution in [0.4, 0.5) is 0 Å². The smallest absolute Gasteiger partial charge is 0.342 e. The van der Waals surface area contributed by atoms with Crippen LogP contribution in [0, 0.1) is 13.8 Å². The molecule has 0 spiro atoms. The molecule has 164 valence electrons. The summed E-state index contributed by atoms with van der Waals surface area (Å²) in [6.45, 7) is 15.9. The van der Waals surface area contributed by atoms with E-state index in [2.05, 4.69) is 39.8 Å². The van der Waals surface area contributed by atoms with Gasteiger partial charge in [-0.05, 0) is 67.0 Å². The second-order valence-electron chi connectivity index (χ2n) is 9.51. The highest BCUT2D eigenvalue weighted by Crippen LogP contribution is 2.56. The van der Waals surface area contributed by atoms with E-state index < -0.39 is 16.8 Å². The summed E-state index contributed by atoms with van der Waals surface area (Å²) in [4.78, 5) is 12.3. The largest absolute Gasteiger partial charge is 0.496 e. The van der Waals surface area contributed by atoms with Crippen LogP contribution in [0.1, 0.15) is 58.4 Å². The van der Waals surface area contributed by atoms with Crippen molar-refractivity contribution in [1.29, 1.82) is 0 Å². The quantitative estimate of drug-likeness (QED) is 0.531. The van der Waals surface area contributed by atoms with Crippen molar-refractivity contribution in [2.75, 3.05) is 7.11 Å². The molecule has 4 rings (SSSR count). The number of rotatable bonds is 5. The van der Waals surface area contributed by atoms with Gasteiger partial charge in [-0.15, -0.1) is 0 Å². The fraction of sp³-hybridized carbons (Fsp3) is 0.625. The van der Waals surface area contributed by atoms with Crippen LogP contribution in [0.25, 0.3) is 0 Å². The number of hydrogen-bond acceptors (Lipinski definition) is 6. The summed E-state index contributed by atoms with van der Waals surface area (Å²) in [7, 11) is 1.56. The summed E-state index contributed by atoms with van der Waals surface area (Å²) in [6, 6.07) is 0. The summed E-state index contributed by atoms with van der Waals surface area (Å²) in [5, 5.41) is 0. The molecule has 6 heteroatoms. The number of methoxy groups -OCH3 is 1. The van der Waals surface area contributed by atoms with Crippen molar-refractivity contribution in [3.63, 3.8) is 0 Å². The predicted molar refractivity (Wildman–Crippen MR) is 113 cm³/mol. The molecule has 0 unspecified atom stereocenters. The third-order valence-electron chi connectivity index (χ3n) is 6.96. The molecular formula is C24H32O6. The summed E-state index contributed by atoms with van der Waals surface area (Å²) in [5.74, 6) is 1.08. The molecule has 4 heterocycles. The fourth-order valence-corrected chi connectivity index (χ4v) is 5.23. The molecular weight excluding hydrogens is 384 g/mol. The second kappa shape index (κ2) is 6.55. The van der Waals surface area contributed by atoms with Gasteiger partial charge in [-0.2, -0.15) is 0 Å². The zero-order chi connectivity index (χ0) is 22.2. The molecule has 0 bridgehead atoms. The molecule has 3 fully saturated rings. The van der Waals surface area contributed by atoms with E-state index >= 15 is 0 Å². The third kappa shape index (κ3) is 3.00. The van der Waals surface area contributed by atoms with Crippen molar-refractivity contribution in [3.05, 3.63) is 50.6 Å². The van der Waals surface area contributed by atoms with Crippen LogP contribution in [-0.4, -0.2) is 36.6 Å². The van der Waals surface area contributed by atoms with Gasteiger partial charge in [0, 0.05) is 5.56 Å². The first-order valence-corrected chi connectivity index (χ1v) is 10.5. The van der Waals surface area contributed by atoms with E-state index in [9.17, 15) is 4.79 Å². The van der Waals surface area contributed by atoms with E-state index in [1.165, 1.54) is 0 Å². The van der Waals surface area contributed by atoms with Gasteiger partial charge in [0.1, 0.15) is 34.9 Å². The first kappa shape index (κ1) is 21.3. The predicted octanol–water partition coefficient (Wildman–Crippen LogP) is 4.11. The van der Waals surface area contributed by atoms with E-state index in [1.807, 2.05) is 20.8 Å². The minimum atomic E-state index is -0.689. The summed E-state index contributed by atoms with van der Waals surface area (Å²) in [6.07, 6.45) is 4.22. The highest BCUT2D eigenvalue weighted by molar-refractivity contribution is 5.45.